The van der Waals surface area contributed by atoms with Gasteiger partial charge in [-0.05, 0) is 30.7 Å². The van der Waals surface area contributed by atoms with Crippen molar-refractivity contribution in [3.63, 3.8) is 0 Å². The van der Waals surface area contributed by atoms with Crippen molar-refractivity contribution in [3.8, 4) is 16.9 Å². The van der Waals surface area contributed by atoms with Crippen molar-refractivity contribution >= 4 is 0 Å². The van der Waals surface area contributed by atoms with Gasteiger partial charge in [0.2, 0.25) is 0 Å². The zero-order valence-corrected chi connectivity index (χ0v) is 10.5. The van der Waals surface area contributed by atoms with Gasteiger partial charge in [0.25, 0.3) is 0 Å². The fourth-order valence-corrected chi connectivity index (χ4v) is 2.34. The molecular formula is C14H17N3O. The summed E-state index contributed by atoms with van der Waals surface area (Å²) in [4.78, 5) is 0. The van der Waals surface area contributed by atoms with E-state index in [-0.39, 0.29) is 0 Å². The average Bonchev–Trinajstić information content (AvgIpc) is 3.09. The molecule has 0 spiro atoms. The predicted octanol–water partition coefficient (Wildman–Crippen LogP) is 2.09. The lowest BCUT2D eigenvalue weighted by Crippen LogP contribution is -2.13. The second-order valence-electron chi connectivity index (χ2n) is 4.58. The van der Waals surface area contributed by atoms with Crippen LogP contribution in [-0.2, 0) is 0 Å². The Hall–Kier alpha value is -1.81. The zero-order chi connectivity index (χ0) is 12.4. The Bertz CT molecular complexity index is 512. The summed E-state index contributed by atoms with van der Waals surface area (Å²) in [6, 6.07) is 8.57. The molecule has 94 valence electrons. The van der Waals surface area contributed by atoms with Gasteiger partial charge in [-0.15, -0.1) is 0 Å². The molecule has 0 aliphatic carbocycles. The smallest absolute Gasteiger partial charge is 0.118 e. The van der Waals surface area contributed by atoms with Crippen LogP contribution in [0.3, 0.4) is 0 Å². The summed E-state index contributed by atoms with van der Waals surface area (Å²) >= 11 is 0. The van der Waals surface area contributed by atoms with Crippen molar-refractivity contribution in [2.24, 2.45) is 0 Å². The number of benzene rings is 1. The Labute approximate surface area is 107 Å². The van der Waals surface area contributed by atoms with Gasteiger partial charge in [0, 0.05) is 18.3 Å². The first-order chi connectivity index (χ1) is 8.86. The molecule has 1 saturated heterocycles. The summed E-state index contributed by atoms with van der Waals surface area (Å²) in [5.74, 6) is 0.881. The Morgan fingerprint density at radius 2 is 2.11 bits per heavy atom. The molecule has 4 nitrogen and oxygen atoms in total. The Morgan fingerprint density at radius 1 is 1.28 bits per heavy atom. The van der Waals surface area contributed by atoms with Crippen LogP contribution >= 0.6 is 0 Å². The van der Waals surface area contributed by atoms with E-state index >= 15 is 0 Å². The van der Waals surface area contributed by atoms with Crippen molar-refractivity contribution in [1.82, 2.24) is 15.1 Å². The maximum absolute atomic E-state index is 5.16. The fraction of sp³-hybridized carbons (Fsp3) is 0.357. The summed E-state index contributed by atoms with van der Waals surface area (Å²) in [6.07, 6.45) is 5.21. The van der Waals surface area contributed by atoms with Crippen LogP contribution in [-0.4, -0.2) is 30.0 Å². The maximum Gasteiger partial charge on any atom is 0.118 e. The van der Waals surface area contributed by atoms with Gasteiger partial charge >= 0.3 is 0 Å². The van der Waals surface area contributed by atoms with Crippen LogP contribution in [0, 0.1) is 0 Å². The van der Waals surface area contributed by atoms with Crippen molar-refractivity contribution in [3.05, 3.63) is 36.7 Å². The van der Waals surface area contributed by atoms with Gasteiger partial charge in [0.1, 0.15) is 5.75 Å². The van der Waals surface area contributed by atoms with Crippen LogP contribution in [0.2, 0.25) is 0 Å². The number of hydrogen-bond donors (Lipinski definition) is 1. The molecule has 1 aromatic heterocycles. The number of hydrogen-bond acceptors (Lipinski definition) is 3. The number of aromatic nitrogens is 2. The SMILES string of the molecule is COc1ccc(-c2cnn(C3CCNC3)c2)cc1. The lowest BCUT2D eigenvalue weighted by atomic mass is 10.1. The summed E-state index contributed by atoms with van der Waals surface area (Å²) in [5, 5.41) is 7.82. The molecule has 0 bridgehead atoms. The molecule has 1 aromatic carbocycles. The molecule has 1 fully saturated rings. The number of nitrogens with zero attached hydrogens (tertiary/aromatic N) is 2. The fourth-order valence-electron chi connectivity index (χ4n) is 2.34. The number of methoxy groups -OCH3 is 1. The average molecular weight is 243 g/mol. The van der Waals surface area contributed by atoms with Crippen LogP contribution in [0.25, 0.3) is 11.1 Å². The number of rotatable bonds is 3. The van der Waals surface area contributed by atoms with E-state index in [1.54, 1.807) is 7.11 Å². The van der Waals surface area contributed by atoms with Crippen LogP contribution < -0.4 is 10.1 Å². The molecule has 0 radical (unpaired) electrons. The molecule has 1 N–H and O–H groups in total. The Balaban J connectivity index is 1.82. The number of ether oxygens (including phenoxy) is 1. The van der Waals surface area contributed by atoms with Gasteiger partial charge in [-0.25, -0.2) is 0 Å². The monoisotopic (exact) mass is 243 g/mol. The van der Waals surface area contributed by atoms with Gasteiger partial charge in [-0.1, -0.05) is 12.1 Å². The van der Waals surface area contributed by atoms with E-state index in [1.165, 1.54) is 5.56 Å². The standard InChI is InChI=1S/C14H17N3O/c1-18-14-4-2-11(3-5-14)12-8-16-17(10-12)13-6-7-15-9-13/h2-5,8,10,13,15H,6-7,9H2,1H3. The Kier molecular flexibility index (Phi) is 3.02. The first kappa shape index (κ1) is 11.3. The molecular weight excluding hydrogens is 226 g/mol. The van der Waals surface area contributed by atoms with Gasteiger partial charge in [-0.2, -0.15) is 5.10 Å². The highest BCUT2D eigenvalue weighted by Crippen LogP contribution is 2.23. The van der Waals surface area contributed by atoms with Gasteiger partial charge in [0.05, 0.1) is 19.3 Å². The number of nitrogens with one attached hydrogen (secondary N) is 1. The maximum atomic E-state index is 5.16. The molecule has 1 unspecified atom stereocenters. The molecule has 1 aliphatic rings. The van der Waals surface area contributed by atoms with Crippen LogP contribution in [0.15, 0.2) is 36.7 Å². The molecule has 1 aliphatic heterocycles. The third-order valence-electron chi connectivity index (χ3n) is 3.43. The molecule has 4 heteroatoms. The lowest BCUT2D eigenvalue weighted by Gasteiger charge is -2.07. The second kappa shape index (κ2) is 4.82. The van der Waals surface area contributed by atoms with Crippen molar-refractivity contribution in [2.75, 3.05) is 20.2 Å². The highest BCUT2D eigenvalue weighted by atomic mass is 16.5. The van der Waals surface area contributed by atoms with Crippen LogP contribution in [0.1, 0.15) is 12.5 Å². The first-order valence-electron chi connectivity index (χ1n) is 6.26. The molecule has 3 rings (SSSR count). The first-order valence-corrected chi connectivity index (χ1v) is 6.26. The van der Waals surface area contributed by atoms with E-state index in [2.05, 4.69) is 33.4 Å². The molecule has 2 heterocycles. The molecule has 2 aromatic rings. The van der Waals surface area contributed by atoms with Gasteiger partial charge in [-0.3, -0.25) is 4.68 Å². The van der Waals surface area contributed by atoms with E-state index in [4.69, 9.17) is 4.74 Å². The minimum atomic E-state index is 0.497. The van der Waals surface area contributed by atoms with Crippen molar-refractivity contribution in [2.45, 2.75) is 12.5 Å². The second-order valence-corrected chi connectivity index (χ2v) is 4.58. The van der Waals surface area contributed by atoms with E-state index in [9.17, 15) is 0 Å². The highest BCUT2D eigenvalue weighted by molar-refractivity contribution is 5.62. The third kappa shape index (κ3) is 2.11. The molecule has 18 heavy (non-hydrogen) atoms. The summed E-state index contributed by atoms with van der Waals surface area (Å²) < 4.78 is 7.23. The summed E-state index contributed by atoms with van der Waals surface area (Å²) in [7, 11) is 1.68. The lowest BCUT2D eigenvalue weighted by molar-refractivity contribution is 0.415. The minimum absolute atomic E-state index is 0.497. The zero-order valence-electron chi connectivity index (χ0n) is 10.5. The van der Waals surface area contributed by atoms with Crippen molar-refractivity contribution in [1.29, 1.82) is 0 Å². The topological polar surface area (TPSA) is 39.1 Å². The van der Waals surface area contributed by atoms with Gasteiger partial charge in [0.15, 0.2) is 0 Å². The van der Waals surface area contributed by atoms with E-state index in [0.717, 1.165) is 30.8 Å². The van der Waals surface area contributed by atoms with E-state index < -0.39 is 0 Å². The van der Waals surface area contributed by atoms with Crippen molar-refractivity contribution < 1.29 is 4.74 Å². The van der Waals surface area contributed by atoms with E-state index in [0.29, 0.717) is 6.04 Å². The van der Waals surface area contributed by atoms with Gasteiger partial charge < -0.3 is 10.1 Å². The predicted molar refractivity (Wildman–Crippen MR) is 70.7 cm³/mol. The van der Waals surface area contributed by atoms with Crippen LogP contribution in [0.4, 0.5) is 0 Å². The molecule has 0 amide bonds. The summed E-state index contributed by atoms with van der Waals surface area (Å²) in [6.45, 7) is 2.10. The Morgan fingerprint density at radius 3 is 2.78 bits per heavy atom. The van der Waals surface area contributed by atoms with Crippen LogP contribution in [0.5, 0.6) is 5.75 Å². The quantitative estimate of drug-likeness (QED) is 0.897. The molecule has 0 saturated carbocycles. The molecule has 1 atom stereocenters. The minimum Gasteiger partial charge on any atom is -0.497 e. The summed E-state index contributed by atoms with van der Waals surface area (Å²) in [5.41, 5.74) is 2.33. The largest absolute Gasteiger partial charge is 0.497 e. The highest BCUT2D eigenvalue weighted by Gasteiger charge is 2.17. The van der Waals surface area contributed by atoms with E-state index in [1.807, 2.05) is 18.3 Å². The third-order valence-corrected chi connectivity index (χ3v) is 3.43. The normalized spacial score (nSPS) is 19.1.